The largest absolute Gasteiger partial charge is 0.459 e. The van der Waals surface area contributed by atoms with Crippen molar-refractivity contribution in [1.29, 1.82) is 0 Å². The van der Waals surface area contributed by atoms with Gasteiger partial charge >= 0.3 is 5.97 Å². The second-order valence-corrected chi connectivity index (χ2v) is 3.55. The summed E-state index contributed by atoms with van der Waals surface area (Å²) < 4.78 is 10.2. The van der Waals surface area contributed by atoms with Crippen molar-refractivity contribution in [3.8, 4) is 0 Å². The summed E-state index contributed by atoms with van der Waals surface area (Å²) in [5.41, 5.74) is 5.68. The third-order valence-corrected chi connectivity index (χ3v) is 2.08. The predicted octanol–water partition coefficient (Wildman–Crippen LogP) is 1.64. The molecule has 1 aromatic heterocycles. The lowest BCUT2D eigenvalue weighted by Gasteiger charge is -2.05. The summed E-state index contributed by atoms with van der Waals surface area (Å²) in [6, 6.07) is 4.85. The minimum atomic E-state index is -0.476. The summed E-state index contributed by atoms with van der Waals surface area (Å²) in [5.74, 6) is -0.171. The Kier molecular flexibility index (Phi) is 6.03. The van der Waals surface area contributed by atoms with Gasteiger partial charge in [0.05, 0.1) is 6.61 Å². The van der Waals surface area contributed by atoms with E-state index < -0.39 is 5.97 Å². The van der Waals surface area contributed by atoms with Crippen LogP contribution in [0.4, 0.5) is 5.82 Å². The summed E-state index contributed by atoms with van der Waals surface area (Å²) in [6.45, 7) is 3.44. The highest BCUT2D eigenvalue weighted by molar-refractivity contribution is 5.87. The second kappa shape index (κ2) is 7.62. The molecule has 5 heteroatoms. The minimum absolute atomic E-state index is 0.221. The summed E-state index contributed by atoms with van der Waals surface area (Å²) in [4.78, 5) is 15.4. The first-order valence-electron chi connectivity index (χ1n) is 5.71. The van der Waals surface area contributed by atoms with Crippen molar-refractivity contribution < 1.29 is 14.3 Å². The molecule has 0 bridgehead atoms. The first-order valence-corrected chi connectivity index (χ1v) is 5.71. The summed E-state index contributed by atoms with van der Waals surface area (Å²) in [7, 11) is 0. The van der Waals surface area contributed by atoms with Gasteiger partial charge in [0.15, 0.2) is 5.69 Å². The van der Waals surface area contributed by atoms with Crippen LogP contribution in [0.5, 0.6) is 0 Å². The van der Waals surface area contributed by atoms with Gasteiger partial charge in [-0.1, -0.05) is 19.4 Å². The molecule has 0 aliphatic carbocycles. The third kappa shape index (κ3) is 5.31. The zero-order chi connectivity index (χ0) is 12.5. The van der Waals surface area contributed by atoms with E-state index in [2.05, 4.69) is 11.9 Å². The Bertz CT molecular complexity index is 355. The highest BCUT2D eigenvalue weighted by Gasteiger charge is 2.08. The molecule has 0 aliphatic rings. The smallest absolute Gasteiger partial charge is 0.357 e. The number of anilines is 1. The lowest BCUT2D eigenvalue weighted by Crippen LogP contribution is -2.13. The number of carbonyl (C=O) groups is 1. The molecule has 0 saturated heterocycles. The molecule has 0 fully saturated rings. The van der Waals surface area contributed by atoms with Gasteiger partial charge in [-0.15, -0.1) is 0 Å². The molecule has 0 radical (unpaired) electrons. The molecule has 0 atom stereocenters. The Morgan fingerprint density at radius 2 is 2.18 bits per heavy atom. The molecule has 0 amide bonds. The van der Waals surface area contributed by atoms with Crippen LogP contribution in [0.2, 0.25) is 0 Å². The Hall–Kier alpha value is -1.62. The minimum Gasteiger partial charge on any atom is -0.459 e. The molecule has 0 spiro atoms. The van der Waals surface area contributed by atoms with Crippen LogP contribution >= 0.6 is 0 Å². The normalized spacial score (nSPS) is 10.2. The first kappa shape index (κ1) is 13.4. The van der Waals surface area contributed by atoms with Gasteiger partial charge in [-0.05, 0) is 18.6 Å². The van der Waals surface area contributed by atoms with Crippen molar-refractivity contribution in [2.45, 2.75) is 19.8 Å². The molecule has 17 heavy (non-hydrogen) atoms. The fourth-order valence-electron chi connectivity index (χ4n) is 1.18. The molecule has 0 saturated carbocycles. The Morgan fingerprint density at radius 1 is 1.35 bits per heavy atom. The van der Waals surface area contributed by atoms with Crippen LogP contribution in [-0.2, 0) is 9.47 Å². The van der Waals surface area contributed by atoms with Gasteiger partial charge in [0.1, 0.15) is 12.4 Å². The van der Waals surface area contributed by atoms with E-state index in [1.54, 1.807) is 18.2 Å². The number of ether oxygens (including phenoxy) is 2. The van der Waals surface area contributed by atoms with Crippen molar-refractivity contribution >= 4 is 11.8 Å². The van der Waals surface area contributed by atoms with Crippen molar-refractivity contribution in [1.82, 2.24) is 4.98 Å². The summed E-state index contributed by atoms with van der Waals surface area (Å²) >= 11 is 0. The zero-order valence-corrected chi connectivity index (χ0v) is 10.0. The van der Waals surface area contributed by atoms with Gasteiger partial charge in [0.2, 0.25) is 0 Å². The fourth-order valence-corrected chi connectivity index (χ4v) is 1.18. The number of nitrogen functional groups attached to an aromatic ring is 1. The van der Waals surface area contributed by atoms with Crippen molar-refractivity contribution in [2.75, 3.05) is 25.6 Å². The Morgan fingerprint density at radius 3 is 2.88 bits per heavy atom. The number of hydrogen-bond acceptors (Lipinski definition) is 5. The number of pyridine rings is 1. The maximum Gasteiger partial charge on any atom is 0.357 e. The number of nitrogens with zero attached hydrogens (tertiary/aromatic N) is 1. The average molecular weight is 238 g/mol. The van der Waals surface area contributed by atoms with Crippen LogP contribution in [0, 0.1) is 0 Å². The highest BCUT2D eigenvalue weighted by Crippen LogP contribution is 2.02. The highest BCUT2D eigenvalue weighted by atomic mass is 16.6. The molecule has 2 N–H and O–H groups in total. The molecular formula is C12H18N2O3. The Balaban J connectivity index is 2.21. The van der Waals surface area contributed by atoms with Crippen molar-refractivity contribution in [3.05, 3.63) is 23.9 Å². The third-order valence-electron chi connectivity index (χ3n) is 2.08. The molecule has 0 unspecified atom stereocenters. The molecule has 94 valence electrons. The fraction of sp³-hybridized carbons (Fsp3) is 0.500. The maximum absolute atomic E-state index is 11.5. The summed E-state index contributed by atoms with van der Waals surface area (Å²) in [5, 5.41) is 0. The monoisotopic (exact) mass is 238 g/mol. The number of esters is 1. The zero-order valence-electron chi connectivity index (χ0n) is 10.0. The van der Waals surface area contributed by atoms with E-state index in [1.807, 2.05) is 0 Å². The molecule has 0 aromatic carbocycles. The van der Waals surface area contributed by atoms with E-state index in [0.717, 1.165) is 12.8 Å². The molecule has 0 aliphatic heterocycles. The van der Waals surface area contributed by atoms with Crippen LogP contribution in [-0.4, -0.2) is 30.8 Å². The van der Waals surface area contributed by atoms with Gasteiger partial charge in [-0.3, -0.25) is 0 Å². The maximum atomic E-state index is 11.5. The Labute approximate surface area is 101 Å². The van der Waals surface area contributed by atoms with E-state index in [1.165, 1.54) is 0 Å². The van der Waals surface area contributed by atoms with Crippen LogP contribution < -0.4 is 5.73 Å². The van der Waals surface area contributed by atoms with E-state index in [4.69, 9.17) is 15.2 Å². The number of nitrogens with two attached hydrogens (primary N) is 1. The predicted molar refractivity (Wildman–Crippen MR) is 64.7 cm³/mol. The molecule has 1 heterocycles. The topological polar surface area (TPSA) is 74.4 Å². The number of hydrogen-bond donors (Lipinski definition) is 1. The van der Waals surface area contributed by atoms with Crippen LogP contribution in [0.15, 0.2) is 18.2 Å². The molecular weight excluding hydrogens is 220 g/mol. The lowest BCUT2D eigenvalue weighted by atomic mass is 10.3. The lowest BCUT2D eigenvalue weighted by molar-refractivity contribution is 0.0308. The first-order chi connectivity index (χ1) is 8.24. The van der Waals surface area contributed by atoms with E-state index in [0.29, 0.717) is 19.0 Å². The number of rotatable bonds is 7. The van der Waals surface area contributed by atoms with Crippen molar-refractivity contribution in [3.63, 3.8) is 0 Å². The average Bonchev–Trinajstić information content (AvgIpc) is 2.33. The van der Waals surface area contributed by atoms with Crippen LogP contribution in [0.3, 0.4) is 0 Å². The van der Waals surface area contributed by atoms with Gasteiger partial charge in [0, 0.05) is 6.61 Å². The van der Waals surface area contributed by atoms with Crippen molar-refractivity contribution in [2.24, 2.45) is 0 Å². The van der Waals surface area contributed by atoms with Crippen LogP contribution in [0.1, 0.15) is 30.3 Å². The van der Waals surface area contributed by atoms with Crippen LogP contribution in [0.25, 0.3) is 0 Å². The molecule has 5 nitrogen and oxygen atoms in total. The number of unbranched alkanes of at least 4 members (excludes halogenated alkanes) is 1. The van der Waals surface area contributed by atoms with E-state index >= 15 is 0 Å². The standard InChI is InChI=1S/C12H18N2O3/c1-2-3-7-16-8-9-17-12(15)10-5-4-6-11(13)14-10/h4-6H,2-3,7-9H2,1H3,(H2,13,14). The quantitative estimate of drug-likeness (QED) is 0.577. The van der Waals surface area contributed by atoms with Gasteiger partial charge in [0.25, 0.3) is 0 Å². The van der Waals surface area contributed by atoms with Gasteiger partial charge in [-0.25, -0.2) is 9.78 Å². The number of carbonyl (C=O) groups excluding carboxylic acids is 1. The molecule has 1 rings (SSSR count). The molecule has 1 aromatic rings. The SMILES string of the molecule is CCCCOCCOC(=O)c1cccc(N)n1. The summed E-state index contributed by atoms with van der Waals surface area (Å²) in [6.07, 6.45) is 2.11. The van der Waals surface area contributed by atoms with Gasteiger partial charge < -0.3 is 15.2 Å². The van der Waals surface area contributed by atoms with E-state index in [-0.39, 0.29) is 12.3 Å². The second-order valence-electron chi connectivity index (χ2n) is 3.55. The van der Waals surface area contributed by atoms with E-state index in [9.17, 15) is 4.79 Å². The van der Waals surface area contributed by atoms with Gasteiger partial charge in [-0.2, -0.15) is 0 Å². The number of aromatic nitrogens is 1.